The second-order valence-electron chi connectivity index (χ2n) is 6.41. The Balaban J connectivity index is 1.28. The number of rotatable bonds is 6. The summed E-state index contributed by atoms with van der Waals surface area (Å²) in [5.74, 6) is 2.01. The summed E-state index contributed by atoms with van der Waals surface area (Å²) in [6.45, 7) is 0.667. The monoisotopic (exact) mass is 368 g/mol. The first-order chi connectivity index (χ1) is 13.2. The highest BCUT2D eigenvalue weighted by Crippen LogP contribution is 2.33. The van der Waals surface area contributed by atoms with E-state index in [4.69, 9.17) is 19.0 Å². The van der Waals surface area contributed by atoms with Gasteiger partial charge in [0.25, 0.3) is 5.91 Å². The van der Waals surface area contributed by atoms with Gasteiger partial charge in [-0.25, -0.2) is 0 Å². The number of para-hydroxylation sites is 1. The Morgan fingerprint density at radius 2 is 2.00 bits per heavy atom. The van der Waals surface area contributed by atoms with Crippen molar-refractivity contribution in [1.82, 2.24) is 4.90 Å². The zero-order chi connectivity index (χ0) is 18.6. The van der Waals surface area contributed by atoms with Crippen LogP contribution in [0.3, 0.4) is 0 Å². The van der Waals surface area contributed by atoms with Crippen LogP contribution in [0.1, 0.15) is 12.0 Å². The van der Waals surface area contributed by atoms with Crippen molar-refractivity contribution in [3.63, 3.8) is 0 Å². The quantitative estimate of drug-likeness (QED) is 0.783. The van der Waals surface area contributed by atoms with E-state index in [1.165, 1.54) is 0 Å². The third-order valence-corrected chi connectivity index (χ3v) is 4.45. The predicted octanol–water partition coefficient (Wildman–Crippen LogP) is 2.45. The number of amides is 1. The maximum Gasteiger partial charge on any atom is 0.260 e. The van der Waals surface area contributed by atoms with Crippen molar-refractivity contribution in [2.75, 3.05) is 27.0 Å². The van der Waals surface area contributed by atoms with Crippen LogP contribution in [0.5, 0.6) is 17.2 Å². The minimum absolute atomic E-state index is 0.0108. The van der Waals surface area contributed by atoms with Crippen molar-refractivity contribution in [2.45, 2.75) is 12.5 Å². The van der Waals surface area contributed by atoms with Gasteiger partial charge in [0.2, 0.25) is 6.79 Å². The van der Waals surface area contributed by atoms with Gasteiger partial charge in [-0.2, -0.15) is 0 Å². The summed E-state index contributed by atoms with van der Waals surface area (Å²) in [5, 5.41) is 4.17. The minimum Gasteiger partial charge on any atom is -0.484 e. The molecule has 2 heterocycles. The number of fused-ring (bicyclic) bond motifs is 1. The molecule has 7 nitrogen and oxygen atoms in total. The number of nitrogens with zero attached hydrogens (tertiary/aromatic N) is 2. The largest absolute Gasteiger partial charge is 0.484 e. The van der Waals surface area contributed by atoms with Gasteiger partial charge in [0, 0.05) is 19.0 Å². The molecular formula is C20H20N2O5. The molecule has 2 aromatic rings. The molecule has 0 aromatic heterocycles. The number of benzene rings is 2. The first-order valence-corrected chi connectivity index (χ1v) is 8.73. The van der Waals surface area contributed by atoms with Crippen LogP contribution >= 0.6 is 0 Å². The Hall–Kier alpha value is -3.22. The third-order valence-electron chi connectivity index (χ3n) is 4.45. The van der Waals surface area contributed by atoms with E-state index in [0.717, 1.165) is 17.0 Å². The summed E-state index contributed by atoms with van der Waals surface area (Å²) < 4.78 is 16.2. The molecule has 27 heavy (non-hydrogen) atoms. The molecule has 0 aliphatic carbocycles. The molecule has 0 spiro atoms. The van der Waals surface area contributed by atoms with Crippen LogP contribution in [0.15, 0.2) is 53.7 Å². The van der Waals surface area contributed by atoms with Crippen LogP contribution in [0.4, 0.5) is 0 Å². The van der Waals surface area contributed by atoms with Gasteiger partial charge in [0.1, 0.15) is 5.75 Å². The molecule has 1 amide bonds. The standard InChI is InChI=1S/C20H20N2O5/c1-22(20(23)12-24-15-5-3-2-4-6-15)11-16-10-17(21-27-16)14-7-8-18-19(9-14)26-13-25-18/h2-9,16H,10-13H2,1H3. The maximum atomic E-state index is 12.3. The van der Waals surface area contributed by atoms with E-state index in [2.05, 4.69) is 5.16 Å². The van der Waals surface area contributed by atoms with Crippen molar-refractivity contribution in [1.29, 1.82) is 0 Å². The number of oxime groups is 1. The van der Waals surface area contributed by atoms with Crippen LogP contribution in [0.25, 0.3) is 0 Å². The van der Waals surface area contributed by atoms with Gasteiger partial charge in [0.15, 0.2) is 24.2 Å². The summed E-state index contributed by atoms with van der Waals surface area (Å²) in [7, 11) is 1.73. The lowest BCUT2D eigenvalue weighted by atomic mass is 10.0. The SMILES string of the molecule is CN(CC1CC(c2ccc3c(c2)OCO3)=NO1)C(=O)COc1ccccc1. The van der Waals surface area contributed by atoms with Gasteiger partial charge in [-0.15, -0.1) is 0 Å². The summed E-state index contributed by atoms with van der Waals surface area (Å²) in [6.07, 6.45) is 0.438. The number of carbonyl (C=O) groups excluding carboxylic acids is 1. The van der Waals surface area contributed by atoms with Gasteiger partial charge in [-0.05, 0) is 30.3 Å². The average Bonchev–Trinajstić information content (AvgIpc) is 3.35. The molecule has 1 atom stereocenters. The molecular weight excluding hydrogens is 348 g/mol. The smallest absolute Gasteiger partial charge is 0.260 e. The molecule has 7 heteroatoms. The lowest BCUT2D eigenvalue weighted by molar-refractivity contribution is -0.133. The molecule has 0 radical (unpaired) electrons. The molecule has 0 bridgehead atoms. The zero-order valence-corrected chi connectivity index (χ0v) is 15.0. The average molecular weight is 368 g/mol. The predicted molar refractivity (Wildman–Crippen MR) is 98.2 cm³/mol. The fraction of sp³-hybridized carbons (Fsp3) is 0.300. The number of hydrogen-bond donors (Lipinski definition) is 0. The lowest BCUT2D eigenvalue weighted by Crippen LogP contribution is -2.37. The first-order valence-electron chi connectivity index (χ1n) is 8.73. The Labute approximate surface area is 157 Å². The highest BCUT2D eigenvalue weighted by molar-refractivity contribution is 6.01. The fourth-order valence-corrected chi connectivity index (χ4v) is 2.95. The number of carbonyl (C=O) groups is 1. The van der Waals surface area contributed by atoms with E-state index < -0.39 is 0 Å². The number of ether oxygens (including phenoxy) is 3. The van der Waals surface area contributed by atoms with E-state index in [1.54, 1.807) is 11.9 Å². The van der Waals surface area contributed by atoms with Gasteiger partial charge < -0.3 is 23.9 Å². The third kappa shape index (κ3) is 3.97. The molecule has 2 aromatic carbocycles. The van der Waals surface area contributed by atoms with E-state index in [1.807, 2.05) is 48.5 Å². The molecule has 2 aliphatic rings. The Morgan fingerprint density at radius 1 is 1.19 bits per heavy atom. The molecule has 2 aliphatic heterocycles. The van der Waals surface area contributed by atoms with Crippen molar-refractivity contribution >= 4 is 11.6 Å². The number of likely N-dealkylation sites (N-methyl/N-ethyl adjacent to an activating group) is 1. The second kappa shape index (κ2) is 7.57. The number of hydrogen-bond acceptors (Lipinski definition) is 6. The summed E-state index contributed by atoms with van der Waals surface area (Å²) >= 11 is 0. The summed E-state index contributed by atoms with van der Waals surface area (Å²) in [4.78, 5) is 19.4. The molecule has 0 fully saturated rings. The Morgan fingerprint density at radius 3 is 2.85 bits per heavy atom. The first kappa shape index (κ1) is 17.2. The molecule has 140 valence electrons. The summed E-state index contributed by atoms with van der Waals surface area (Å²) in [6, 6.07) is 15.0. The van der Waals surface area contributed by atoms with E-state index in [0.29, 0.717) is 24.5 Å². The highest BCUT2D eigenvalue weighted by Gasteiger charge is 2.26. The molecule has 0 saturated heterocycles. The van der Waals surface area contributed by atoms with Gasteiger partial charge in [-0.3, -0.25) is 4.79 Å². The van der Waals surface area contributed by atoms with Crippen molar-refractivity contribution in [2.24, 2.45) is 5.16 Å². The maximum absolute atomic E-state index is 12.3. The highest BCUT2D eigenvalue weighted by atomic mass is 16.7. The van der Waals surface area contributed by atoms with Gasteiger partial charge in [0.05, 0.1) is 12.3 Å². The molecule has 0 N–H and O–H groups in total. The molecule has 4 rings (SSSR count). The van der Waals surface area contributed by atoms with Crippen LogP contribution in [-0.4, -0.2) is 49.6 Å². The van der Waals surface area contributed by atoms with Crippen LogP contribution < -0.4 is 14.2 Å². The molecule has 1 unspecified atom stereocenters. The van der Waals surface area contributed by atoms with Crippen LogP contribution in [-0.2, 0) is 9.63 Å². The van der Waals surface area contributed by atoms with Crippen molar-refractivity contribution in [3.05, 3.63) is 54.1 Å². The van der Waals surface area contributed by atoms with Crippen molar-refractivity contribution < 1.29 is 23.8 Å². The Bertz CT molecular complexity index is 853. The van der Waals surface area contributed by atoms with Crippen LogP contribution in [0.2, 0.25) is 0 Å². The minimum atomic E-state index is -0.184. The van der Waals surface area contributed by atoms with Gasteiger partial charge >= 0.3 is 0 Å². The normalized spacial score (nSPS) is 17.2. The van der Waals surface area contributed by atoms with E-state index >= 15 is 0 Å². The molecule has 0 saturated carbocycles. The van der Waals surface area contributed by atoms with Gasteiger partial charge in [-0.1, -0.05) is 23.4 Å². The summed E-state index contributed by atoms with van der Waals surface area (Å²) in [5.41, 5.74) is 1.77. The topological polar surface area (TPSA) is 69.6 Å². The lowest BCUT2D eigenvalue weighted by Gasteiger charge is -2.20. The Kier molecular flexibility index (Phi) is 4.82. The van der Waals surface area contributed by atoms with E-state index in [-0.39, 0.29) is 25.4 Å². The van der Waals surface area contributed by atoms with Crippen molar-refractivity contribution in [3.8, 4) is 17.2 Å². The van der Waals surface area contributed by atoms with E-state index in [9.17, 15) is 4.79 Å². The fourth-order valence-electron chi connectivity index (χ4n) is 2.95. The van der Waals surface area contributed by atoms with Crippen LogP contribution in [0, 0.1) is 0 Å². The zero-order valence-electron chi connectivity index (χ0n) is 15.0. The second-order valence-corrected chi connectivity index (χ2v) is 6.41.